The zero-order valence-electron chi connectivity index (χ0n) is 7.49. The van der Waals surface area contributed by atoms with E-state index >= 15 is 0 Å². The topological polar surface area (TPSA) is 38.1 Å². The van der Waals surface area contributed by atoms with Crippen LogP contribution in [0.1, 0.15) is 13.8 Å². The van der Waals surface area contributed by atoms with Gasteiger partial charge in [0.05, 0.1) is 12.1 Å². The van der Waals surface area contributed by atoms with Crippen LogP contribution in [0.2, 0.25) is 0 Å². The molecule has 0 spiro atoms. The highest BCUT2D eigenvalue weighted by molar-refractivity contribution is 6.26. The zero-order chi connectivity index (χ0) is 9.64. The normalized spacial score (nSPS) is 18.8. The van der Waals surface area contributed by atoms with Crippen LogP contribution in [0.3, 0.4) is 0 Å². The van der Waals surface area contributed by atoms with Crippen molar-refractivity contribution in [3.05, 3.63) is 22.6 Å². The quantitative estimate of drug-likeness (QED) is 0.585. The largest absolute Gasteiger partial charge is 0.275 e. The summed E-state index contributed by atoms with van der Waals surface area (Å²) in [6, 6.07) is 1.44. The molecule has 1 aromatic rings. The fraction of sp³-hybridized carbons (Fsp3) is 0.500. The van der Waals surface area contributed by atoms with Crippen molar-refractivity contribution < 1.29 is 0 Å². The third-order valence-corrected chi connectivity index (χ3v) is 2.78. The lowest BCUT2D eigenvalue weighted by Gasteiger charge is -2.23. The van der Waals surface area contributed by atoms with Gasteiger partial charge in [0.15, 0.2) is 0 Å². The molecule has 0 aliphatic carbocycles. The van der Waals surface area contributed by atoms with Gasteiger partial charge in [-0.1, -0.05) is 0 Å². The lowest BCUT2D eigenvalue weighted by atomic mass is 10.1. The number of anilines is 1. The molecule has 0 amide bonds. The third kappa shape index (κ3) is 1.13. The summed E-state index contributed by atoms with van der Waals surface area (Å²) in [5, 5.41) is 0. The van der Waals surface area contributed by atoms with Gasteiger partial charge in [-0.05, 0) is 13.8 Å². The van der Waals surface area contributed by atoms with Gasteiger partial charge < -0.3 is 0 Å². The summed E-state index contributed by atoms with van der Waals surface area (Å²) in [5.74, 6) is 0.527. The Labute approximate surface area is 80.9 Å². The molecule has 5 heteroatoms. The van der Waals surface area contributed by atoms with Gasteiger partial charge in [-0.25, -0.2) is 9.40 Å². The molecule has 0 radical (unpaired) electrons. The third-order valence-electron chi connectivity index (χ3n) is 2.17. The Morgan fingerprint density at radius 2 is 2.31 bits per heavy atom. The maximum absolute atomic E-state index is 11.4. The molecule has 70 valence electrons. The highest BCUT2D eigenvalue weighted by Crippen LogP contribution is 2.31. The monoisotopic (exact) mass is 199 g/mol. The molecular formula is C8H10ClN3O. The number of hydrogen-bond donors (Lipinski definition) is 0. The van der Waals surface area contributed by atoms with Crippen molar-refractivity contribution in [2.75, 3.05) is 4.42 Å². The van der Waals surface area contributed by atoms with Crippen molar-refractivity contribution >= 4 is 17.7 Å². The van der Waals surface area contributed by atoms with E-state index in [1.54, 1.807) is 4.57 Å². The van der Waals surface area contributed by atoms with E-state index in [-0.39, 0.29) is 11.1 Å². The molecule has 1 aliphatic rings. The van der Waals surface area contributed by atoms with Crippen LogP contribution in [0.15, 0.2) is 17.1 Å². The fourth-order valence-electron chi connectivity index (χ4n) is 1.45. The van der Waals surface area contributed by atoms with Gasteiger partial charge in [-0.15, -0.1) is 0 Å². The molecular weight excluding hydrogens is 190 g/mol. The predicted octanol–water partition coefficient (Wildman–Crippen LogP) is 0.996. The van der Waals surface area contributed by atoms with E-state index in [9.17, 15) is 4.79 Å². The number of rotatable bonds is 0. The molecule has 0 fully saturated rings. The first-order chi connectivity index (χ1) is 6.02. The molecule has 0 saturated heterocycles. The van der Waals surface area contributed by atoms with Crippen LogP contribution in [-0.4, -0.2) is 15.1 Å². The fourth-order valence-corrected chi connectivity index (χ4v) is 1.64. The van der Waals surface area contributed by atoms with E-state index in [0.717, 1.165) is 0 Å². The molecule has 0 aromatic carbocycles. The second-order valence-corrected chi connectivity index (χ2v) is 4.10. The zero-order valence-corrected chi connectivity index (χ0v) is 8.25. The van der Waals surface area contributed by atoms with Crippen molar-refractivity contribution in [3.8, 4) is 0 Å². The summed E-state index contributed by atoms with van der Waals surface area (Å²) in [6.45, 7) is 4.51. The summed E-state index contributed by atoms with van der Waals surface area (Å²) >= 11 is 6.02. The maximum Gasteiger partial charge on any atom is 0.254 e. The average molecular weight is 200 g/mol. The Hall–Kier alpha value is -1.03. The van der Waals surface area contributed by atoms with Gasteiger partial charge >= 0.3 is 0 Å². The van der Waals surface area contributed by atoms with E-state index in [2.05, 4.69) is 4.98 Å². The first-order valence-corrected chi connectivity index (χ1v) is 4.38. The molecule has 2 heterocycles. The van der Waals surface area contributed by atoms with E-state index < -0.39 is 0 Å². The Morgan fingerprint density at radius 1 is 1.62 bits per heavy atom. The second-order valence-electron chi connectivity index (χ2n) is 3.76. The average Bonchev–Trinajstić information content (AvgIpc) is 2.28. The minimum absolute atomic E-state index is 0.0544. The van der Waals surface area contributed by atoms with Crippen molar-refractivity contribution in [2.45, 2.75) is 25.9 Å². The molecule has 0 N–H and O–H groups in total. The SMILES string of the molecule is CC1(C)Cn2c(nccc2=O)N1Cl. The first kappa shape index (κ1) is 8.56. The summed E-state index contributed by atoms with van der Waals surface area (Å²) in [4.78, 5) is 15.4. The Balaban J connectivity index is 2.62. The van der Waals surface area contributed by atoms with Crippen LogP contribution in [0.4, 0.5) is 5.95 Å². The Kier molecular flexibility index (Phi) is 1.63. The van der Waals surface area contributed by atoms with Crippen LogP contribution in [0.5, 0.6) is 0 Å². The number of aromatic nitrogens is 2. The van der Waals surface area contributed by atoms with Gasteiger partial charge in [-0.2, -0.15) is 0 Å². The van der Waals surface area contributed by atoms with Crippen molar-refractivity contribution in [1.82, 2.24) is 9.55 Å². The van der Waals surface area contributed by atoms with Crippen LogP contribution < -0.4 is 9.98 Å². The van der Waals surface area contributed by atoms with Gasteiger partial charge in [0.25, 0.3) is 5.56 Å². The predicted molar refractivity (Wildman–Crippen MR) is 50.9 cm³/mol. The van der Waals surface area contributed by atoms with E-state index in [0.29, 0.717) is 12.5 Å². The van der Waals surface area contributed by atoms with E-state index in [1.807, 2.05) is 13.8 Å². The number of halogens is 1. The van der Waals surface area contributed by atoms with Gasteiger partial charge in [0, 0.05) is 24.0 Å². The van der Waals surface area contributed by atoms with Crippen molar-refractivity contribution in [3.63, 3.8) is 0 Å². The Bertz CT molecular complexity index is 399. The maximum atomic E-state index is 11.4. The molecule has 0 unspecified atom stereocenters. The highest BCUT2D eigenvalue weighted by Gasteiger charge is 2.36. The Morgan fingerprint density at radius 3 is 2.92 bits per heavy atom. The van der Waals surface area contributed by atoms with Crippen LogP contribution in [0.25, 0.3) is 0 Å². The molecule has 2 rings (SSSR count). The lowest BCUT2D eigenvalue weighted by Crippen LogP contribution is -2.34. The van der Waals surface area contributed by atoms with E-state index in [4.69, 9.17) is 11.8 Å². The number of nitrogens with zero attached hydrogens (tertiary/aromatic N) is 3. The highest BCUT2D eigenvalue weighted by atomic mass is 35.5. The second kappa shape index (κ2) is 2.48. The van der Waals surface area contributed by atoms with Gasteiger partial charge in [0.1, 0.15) is 0 Å². The smallest absolute Gasteiger partial charge is 0.254 e. The molecule has 4 nitrogen and oxygen atoms in total. The van der Waals surface area contributed by atoms with Crippen molar-refractivity contribution in [2.24, 2.45) is 0 Å². The number of fused-ring (bicyclic) bond motifs is 1. The van der Waals surface area contributed by atoms with Gasteiger partial charge in [-0.3, -0.25) is 9.36 Å². The minimum Gasteiger partial charge on any atom is -0.275 e. The molecule has 1 aliphatic heterocycles. The summed E-state index contributed by atoms with van der Waals surface area (Å²) in [6.07, 6.45) is 1.48. The van der Waals surface area contributed by atoms with Gasteiger partial charge in [0.2, 0.25) is 5.95 Å². The molecule has 0 bridgehead atoms. The standard InChI is InChI=1S/C8H10ClN3O/c1-8(2)5-11-6(13)3-4-10-7(11)12(8)9/h3-4H,5H2,1-2H3. The minimum atomic E-state index is -0.248. The molecule has 13 heavy (non-hydrogen) atoms. The summed E-state index contributed by atoms with van der Waals surface area (Å²) < 4.78 is 3.08. The molecule has 0 atom stereocenters. The van der Waals surface area contributed by atoms with Crippen LogP contribution in [-0.2, 0) is 6.54 Å². The lowest BCUT2D eigenvalue weighted by molar-refractivity contribution is 0.493. The number of hydrogen-bond acceptors (Lipinski definition) is 3. The summed E-state index contributed by atoms with van der Waals surface area (Å²) in [7, 11) is 0. The van der Waals surface area contributed by atoms with E-state index in [1.165, 1.54) is 16.7 Å². The molecule has 1 aromatic heterocycles. The first-order valence-electron chi connectivity index (χ1n) is 4.04. The van der Waals surface area contributed by atoms with Crippen molar-refractivity contribution in [1.29, 1.82) is 0 Å². The summed E-state index contributed by atoms with van der Waals surface area (Å²) in [5.41, 5.74) is -0.302. The molecule has 0 saturated carbocycles. The van der Waals surface area contributed by atoms with Crippen LogP contribution in [0, 0.1) is 0 Å². The van der Waals surface area contributed by atoms with Crippen LogP contribution >= 0.6 is 11.8 Å².